The van der Waals surface area contributed by atoms with Crippen LogP contribution in [0, 0.1) is 11.8 Å². The molecule has 0 heterocycles. The number of carboxylic acid groups (broad SMARTS) is 5. The lowest BCUT2D eigenvalue weighted by molar-refractivity contribution is -0.144. The third-order valence-electron chi connectivity index (χ3n) is 9.45. The highest BCUT2D eigenvalue weighted by Crippen LogP contribution is 2.12. The van der Waals surface area contributed by atoms with Gasteiger partial charge in [-0.15, -0.1) is 0 Å². The summed E-state index contributed by atoms with van der Waals surface area (Å²) in [5.74, 6) is -18.6. The summed E-state index contributed by atoms with van der Waals surface area (Å²) in [5.41, 5.74) is 11.0. The zero-order valence-corrected chi connectivity index (χ0v) is 36.0. The van der Waals surface area contributed by atoms with Crippen LogP contribution < -0.4 is 48.7 Å². The van der Waals surface area contributed by atoms with E-state index in [1.807, 2.05) is 5.32 Å². The van der Waals surface area contributed by atoms with Crippen molar-refractivity contribution in [1.29, 1.82) is 0 Å². The maximum atomic E-state index is 13.7. The lowest BCUT2D eigenvalue weighted by Gasteiger charge is -2.29. The minimum atomic E-state index is -1.99. The van der Waals surface area contributed by atoms with Crippen molar-refractivity contribution in [3.63, 3.8) is 0 Å². The van der Waals surface area contributed by atoms with Gasteiger partial charge in [-0.3, -0.25) is 57.5 Å². The van der Waals surface area contributed by atoms with E-state index in [1.54, 1.807) is 6.92 Å². The second kappa shape index (κ2) is 28.7. The molecular weight excluding hydrogens is 874 g/mol. The molecule has 0 unspecified atom stereocenters. The summed E-state index contributed by atoms with van der Waals surface area (Å²) < 4.78 is 0. The first-order valence-electron chi connectivity index (χ1n) is 20.0. The van der Waals surface area contributed by atoms with Gasteiger partial charge in [-0.1, -0.05) is 34.1 Å². The van der Waals surface area contributed by atoms with Crippen molar-refractivity contribution in [2.75, 3.05) is 6.61 Å². The maximum absolute atomic E-state index is 13.7. The Bertz CT molecular complexity index is 1780. The third kappa shape index (κ3) is 22.3. The van der Waals surface area contributed by atoms with Crippen molar-refractivity contribution in [2.45, 2.75) is 134 Å². The highest BCUT2D eigenvalue weighted by molar-refractivity contribution is 5.99. The summed E-state index contributed by atoms with van der Waals surface area (Å²) in [7, 11) is 0. The van der Waals surface area contributed by atoms with E-state index in [0.29, 0.717) is 0 Å². The van der Waals surface area contributed by atoms with Crippen LogP contribution in [0.15, 0.2) is 0 Å². The van der Waals surface area contributed by atoms with Gasteiger partial charge in [0.25, 0.3) is 0 Å². The molecule has 0 bridgehead atoms. The normalized spacial score (nSPS) is 15.1. The van der Waals surface area contributed by atoms with Gasteiger partial charge in [0.1, 0.15) is 42.3 Å². The van der Waals surface area contributed by atoms with E-state index < -0.39 is 189 Å². The Labute approximate surface area is 370 Å². The molecule has 17 N–H and O–H groups in total. The van der Waals surface area contributed by atoms with Crippen LogP contribution in [0.5, 0.6) is 0 Å². The van der Waals surface area contributed by atoms with E-state index >= 15 is 0 Å². The molecule has 0 aromatic heterocycles. The maximum Gasteiger partial charge on any atom is 0.326 e. The molecule has 0 aliphatic heterocycles. The summed E-state index contributed by atoms with van der Waals surface area (Å²) in [4.78, 5) is 162. The highest BCUT2D eigenvalue weighted by atomic mass is 16.4. The SMILES string of the molecule is CC[C@H](C)[C@H](NC(=O)[C@H](CC(N)=O)NC(=O)[C@H](CCC(=O)O)NC(=O)[C@H](CCC(=O)O)NC(=O)[C@@H](N)CCC(=O)O)C(=O)N[C@@H](CC(=O)O)C(=O)N[C@@H](CO)C(=O)N[C@H](C(=O)O)C(C)C. The van der Waals surface area contributed by atoms with Crippen LogP contribution in [0.2, 0.25) is 0 Å². The van der Waals surface area contributed by atoms with Crippen molar-refractivity contribution < 1.29 is 93.0 Å². The van der Waals surface area contributed by atoms with E-state index in [4.69, 9.17) is 16.6 Å². The molecule has 0 saturated carbocycles. The first-order chi connectivity index (χ1) is 30.1. The summed E-state index contributed by atoms with van der Waals surface area (Å²) in [5, 5.41) is 71.0. The topological polar surface area (TPSA) is 480 Å². The van der Waals surface area contributed by atoms with Crippen molar-refractivity contribution in [3.8, 4) is 0 Å². The number of amides is 8. The van der Waals surface area contributed by atoms with Crippen LogP contribution in [-0.4, -0.2) is 163 Å². The number of rotatable bonds is 32. The number of hydrogen-bond donors (Lipinski definition) is 15. The van der Waals surface area contributed by atoms with Crippen molar-refractivity contribution in [1.82, 2.24) is 37.2 Å². The Morgan fingerprint density at radius 2 is 0.831 bits per heavy atom. The summed E-state index contributed by atoms with van der Waals surface area (Å²) in [6.45, 7) is 4.81. The van der Waals surface area contributed by atoms with Crippen LogP contribution in [0.4, 0.5) is 0 Å². The van der Waals surface area contributed by atoms with Gasteiger partial charge in [0.05, 0.1) is 25.5 Å². The zero-order chi connectivity index (χ0) is 50.3. The second-order valence-corrected chi connectivity index (χ2v) is 15.1. The smallest absolute Gasteiger partial charge is 0.326 e. The van der Waals surface area contributed by atoms with Crippen LogP contribution in [0.25, 0.3) is 0 Å². The monoisotopic (exact) mass is 933 g/mol. The molecule has 28 nitrogen and oxygen atoms in total. The summed E-state index contributed by atoms with van der Waals surface area (Å²) in [6, 6.07) is -14.0. The quantitative estimate of drug-likeness (QED) is 0.0299. The standard InChI is InChI=1S/C37H59N9O19/c1-5-16(4)29(36(63)43-21(13-27(55)56)33(60)44-22(14-47)35(62)45-28(15(2)3)37(64)65)46-34(61)20(12-23(39)48)42-32(59)19(8-11-26(53)54)41-31(58)18(7-10-25(51)52)40-30(57)17(38)6-9-24(49)50/h15-22,28-29,47H,5-14,38H2,1-4H3,(H2,39,48)(H,40,57)(H,41,58)(H,42,59)(H,43,63)(H,44,60)(H,45,62)(H,46,61)(H,49,50)(H,51,52)(H,53,54)(H,55,56)(H,64,65)/t16-,17-,18-,19-,20-,21-,22-,28-,29-/m0/s1. The third-order valence-corrected chi connectivity index (χ3v) is 9.45. The van der Waals surface area contributed by atoms with Crippen LogP contribution >= 0.6 is 0 Å². The lowest BCUT2D eigenvalue weighted by Crippen LogP contribution is -2.62. The predicted octanol–water partition coefficient (Wildman–Crippen LogP) is -5.57. The largest absolute Gasteiger partial charge is 0.481 e. The Kier molecular flexibility index (Phi) is 25.6. The van der Waals surface area contributed by atoms with Crippen molar-refractivity contribution >= 4 is 77.1 Å². The highest BCUT2D eigenvalue weighted by Gasteiger charge is 2.37. The van der Waals surface area contributed by atoms with Gasteiger partial charge < -0.3 is 79.3 Å². The molecule has 366 valence electrons. The molecule has 0 aromatic rings. The van der Waals surface area contributed by atoms with Crippen LogP contribution in [0.1, 0.15) is 85.5 Å². The lowest BCUT2D eigenvalue weighted by atomic mass is 9.97. The Morgan fingerprint density at radius 3 is 1.25 bits per heavy atom. The molecule has 9 atom stereocenters. The van der Waals surface area contributed by atoms with E-state index in [9.17, 15) is 87.9 Å². The van der Waals surface area contributed by atoms with Crippen LogP contribution in [0.3, 0.4) is 0 Å². The first kappa shape index (κ1) is 58.0. The number of carbonyl (C=O) groups is 13. The van der Waals surface area contributed by atoms with E-state index in [-0.39, 0.29) is 12.8 Å². The minimum absolute atomic E-state index is 0.113. The van der Waals surface area contributed by atoms with Gasteiger partial charge >= 0.3 is 29.8 Å². The van der Waals surface area contributed by atoms with Crippen molar-refractivity contribution in [2.24, 2.45) is 23.3 Å². The van der Waals surface area contributed by atoms with E-state index in [0.717, 1.165) is 0 Å². The van der Waals surface area contributed by atoms with Gasteiger partial charge in [-0.25, -0.2) is 4.79 Å². The van der Waals surface area contributed by atoms with E-state index in [2.05, 4.69) is 31.9 Å². The molecule has 0 aliphatic rings. The van der Waals surface area contributed by atoms with Gasteiger partial charge in [0.15, 0.2) is 0 Å². The Hall–Kier alpha value is -6.97. The molecule has 0 fully saturated rings. The number of hydrogen-bond acceptors (Lipinski definition) is 15. The fraction of sp³-hybridized carbons (Fsp3) is 0.649. The number of aliphatic carboxylic acids is 5. The first-order valence-corrected chi connectivity index (χ1v) is 20.0. The molecule has 28 heteroatoms. The molecule has 0 radical (unpaired) electrons. The Balaban J connectivity index is 6.56. The number of nitrogens with one attached hydrogen (secondary N) is 7. The zero-order valence-electron chi connectivity index (χ0n) is 36.0. The van der Waals surface area contributed by atoms with E-state index in [1.165, 1.54) is 20.8 Å². The molecule has 0 spiro atoms. The van der Waals surface area contributed by atoms with Crippen LogP contribution in [-0.2, 0) is 62.3 Å². The minimum Gasteiger partial charge on any atom is -0.481 e. The number of carbonyl (C=O) groups excluding carboxylic acids is 8. The second-order valence-electron chi connectivity index (χ2n) is 15.1. The summed E-state index contributed by atoms with van der Waals surface area (Å²) >= 11 is 0. The number of aliphatic hydroxyl groups is 1. The van der Waals surface area contributed by atoms with Gasteiger partial charge in [-0.05, 0) is 31.1 Å². The number of aliphatic hydroxyl groups excluding tert-OH is 1. The summed E-state index contributed by atoms with van der Waals surface area (Å²) in [6.07, 6.45) is -5.75. The Morgan fingerprint density at radius 1 is 0.462 bits per heavy atom. The van der Waals surface area contributed by atoms with Gasteiger partial charge in [0, 0.05) is 19.3 Å². The fourth-order valence-corrected chi connectivity index (χ4v) is 5.55. The average Bonchev–Trinajstić information content (AvgIpc) is 3.20. The van der Waals surface area contributed by atoms with Gasteiger partial charge in [-0.2, -0.15) is 0 Å². The molecule has 0 aromatic carbocycles. The predicted molar refractivity (Wildman–Crippen MR) is 217 cm³/mol. The number of nitrogens with two attached hydrogens (primary N) is 2. The number of carboxylic acids is 5. The number of primary amides is 1. The molecule has 65 heavy (non-hydrogen) atoms. The molecular formula is C37H59N9O19. The molecule has 8 amide bonds. The fourth-order valence-electron chi connectivity index (χ4n) is 5.55. The molecule has 0 saturated heterocycles. The average molecular weight is 934 g/mol. The van der Waals surface area contributed by atoms with Gasteiger partial charge in [0.2, 0.25) is 47.3 Å². The van der Waals surface area contributed by atoms with Crippen molar-refractivity contribution in [3.05, 3.63) is 0 Å². The molecule has 0 aliphatic carbocycles. The molecule has 0 rings (SSSR count).